The van der Waals surface area contributed by atoms with E-state index in [1.165, 1.54) is 28.7 Å². The predicted octanol–water partition coefficient (Wildman–Crippen LogP) is 0.634. The zero-order valence-electron chi connectivity index (χ0n) is 11.7. The first-order valence-corrected chi connectivity index (χ1v) is 7.22. The Labute approximate surface area is 124 Å². The maximum absolute atomic E-state index is 11.9. The SMILES string of the molecule is CC(=O)NCCC(=O)OCc1cc(=O)n2c(C)csc2n1. The fraction of sp³-hybridized carbons (Fsp3) is 0.385. The number of aryl methyl sites for hydroxylation is 1. The largest absolute Gasteiger partial charge is 0.459 e. The molecule has 0 radical (unpaired) electrons. The van der Waals surface area contributed by atoms with Crippen molar-refractivity contribution >= 4 is 28.2 Å². The van der Waals surface area contributed by atoms with E-state index in [4.69, 9.17) is 4.74 Å². The van der Waals surface area contributed by atoms with Crippen LogP contribution in [-0.2, 0) is 20.9 Å². The van der Waals surface area contributed by atoms with Crippen molar-refractivity contribution in [2.45, 2.75) is 26.9 Å². The number of thiazole rings is 1. The second-order valence-corrected chi connectivity index (χ2v) is 5.31. The van der Waals surface area contributed by atoms with E-state index in [2.05, 4.69) is 10.3 Å². The Kier molecular flexibility index (Phi) is 4.69. The molecule has 7 nitrogen and oxygen atoms in total. The van der Waals surface area contributed by atoms with E-state index in [-0.39, 0.29) is 31.0 Å². The lowest BCUT2D eigenvalue weighted by molar-refractivity contribution is -0.144. The molecule has 1 N–H and O–H groups in total. The highest BCUT2D eigenvalue weighted by molar-refractivity contribution is 7.15. The first-order valence-electron chi connectivity index (χ1n) is 6.34. The van der Waals surface area contributed by atoms with Gasteiger partial charge in [-0.2, -0.15) is 0 Å². The molecule has 0 unspecified atom stereocenters. The average molecular weight is 309 g/mol. The molecule has 0 saturated heterocycles. The summed E-state index contributed by atoms with van der Waals surface area (Å²) in [6, 6.07) is 1.35. The average Bonchev–Trinajstić information content (AvgIpc) is 2.78. The van der Waals surface area contributed by atoms with Crippen LogP contribution in [0.3, 0.4) is 0 Å². The molecule has 21 heavy (non-hydrogen) atoms. The van der Waals surface area contributed by atoms with Crippen molar-refractivity contribution in [3.63, 3.8) is 0 Å². The lowest BCUT2D eigenvalue weighted by Gasteiger charge is -2.05. The van der Waals surface area contributed by atoms with Crippen molar-refractivity contribution in [2.75, 3.05) is 6.54 Å². The second kappa shape index (κ2) is 6.49. The maximum atomic E-state index is 11.9. The van der Waals surface area contributed by atoms with E-state index in [9.17, 15) is 14.4 Å². The number of nitrogens with one attached hydrogen (secondary N) is 1. The lowest BCUT2D eigenvalue weighted by atomic mass is 10.4. The number of hydrogen-bond acceptors (Lipinski definition) is 6. The topological polar surface area (TPSA) is 89.8 Å². The normalized spacial score (nSPS) is 10.6. The number of ether oxygens (including phenoxy) is 1. The number of hydrogen-bond donors (Lipinski definition) is 1. The van der Waals surface area contributed by atoms with E-state index in [1.54, 1.807) is 0 Å². The summed E-state index contributed by atoms with van der Waals surface area (Å²) in [5.74, 6) is -0.649. The van der Waals surface area contributed by atoms with Gasteiger partial charge in [-0.25, -0.2) is 4.98 Å². The molecule has 112 valence electrons. The molecule has 0 aliphatic heterocycles. The molecule has 0 saturated carbocycles. The fourth-order valence-electron chi connectivity index (χ4n) is 1.74. The monoisotopic (exact) mass is 309 g/mol. The minimum Gasteiger partial charge on any atom is -0.459 e. The Morgan fingerprint density at radius 3 is 2.95 bits per heavy atom. The number of nitrogens with zero attached hydrogens (tertiary/aromatic N) is 2. The molecule has 2 rings (SSSR count). The van der Waals surface area contributed by atoms with E-state index in [0.29, 0.717) is 10.7 Å². The van der Waals surface area contributed by atoms with Gasteiger partial charge in [-0.15, -0.1) is 11.3 Å². The van der Waals surface area contributed by atoms with Crippen LogP contribution in [0.15, 0.2) is 16.2 Å². The first kappa shape index (κ1) is 15.2. The van der Waals surface area contributed by atoms with Gasteiger partial charge < -0.3 is 10.1 Å². The first-order chi connectivity index (χ1) is 9.97. The van der Waals surface area contributed by atoms with E-state index >= 15 is 0 Å². The highest BCUT2D eigenvalue weighted by Crippen LogP contribution is 2.11. The van der Waals surface area contributed by atoms with Crippen LogP contribution in [0.2, 0.25) is 0 Å². The number of carbonyl (C=O) groups is 2. The van der Waals surface area contributed by atoms with Crippen LogP contribution in [0, 0.1) is 6.92 Å². The van der Waals surface area contributed by atoms with Crippen LogP contribution >= 0.6 is 11.3 Å². The third kappa shape index (κ3) is 3.88. The number of carbonyl (C=O) groups excluding carboxylic acids is 2. The van der Waals surface area contributed by atoms with Gasteiger partial charge in [0.2, 0.25) is 5.91 Å². The van der Waals surface area contributed by atoms with E-state index in [0.717, 1.165) is 5.69 Å². The Hall–Kier alpha value is -2.22. The molecular formula is C13H15N3O4S. The highest BCUT2D eigenvalue weighted by atomic mass is 32.1. The molecule has 0 atom stereocenters. The Morgan fingerprint density at radius 1 is 1.48 bits per heavy atom. The quantitative estimate of drug-likeness (QED) is 0.818. The number of esters is 1. The highest BCUT2D eigenvalue weighted by Gasteiger charge is 2.09. The van der Waals surface area contributed by atoms with Crippen molar-refractivity contribution in [1.29, 1.82) is 0 Å². The zero-order valence-corrected chi connectivity index (χ0v) is 12.5. The molecule has 2 heterocycles. The minimum atomic E-state index is -0.451. The number of rotatable bonds is 5. The molecule has 1 amide bonds. The second-order valence-electron chi connectivity index (χ2n) is 4.47. The van der Waals surface area contributed by atoms with Crippen molar-refractivity contribution < 1.29 is 14.3 Å². The molecule has 0 aliphatic carbocycles. The van der Waals surface area contributed by atoms with E-state index in [1.807, 2.05) is 12.3 Å². The van der Waals surface area contributed by atoms with Crippen LogP contribution in [0.1, 0.15) is 24.7 Å². The van der Waals surface area contributed by atoms with Gasteiger partial charge in [-0.3, -0.25) is 18.8 Å². The van der Waals surface area contributed by atoms with Crippen LogP contribution < -0.4 is 10.9 Å². The number of fused-ring (bicyclic) bond motifs is 1. The van der Waals surface area contributed by atoms with Gasteiger partial charge in [0.1, 0.15) is 6.61 Å². The molecule has 0 aliphatic rings. The molecular weight excluding hydrogens is 294 g/mol. The van der Waals surface area contributed by atoms with Crippen LogP contribution in [0.25, 0.3) is 4.96 Å². The molecule has 0 aromatic carbocycles. The third-order valence-electron chi connectivity index (χ3n) is 2.71. The van der Waals surface area contributed by atoms with Gasteiger partial charge in [0.25, 0.3) is 5.56 Å². The van der Waals surface area contributed by atoms with Gasteiger partial charge >= 0.3 is 5.97 Å². The molecule has 0 bridgehead atoms. The van der Waals surface area contributed by atoms with Crippen LogP contribution in [0.4, 0.5) is 0 Å². The molecule has 8 heteroatoms. The van der Waals surface area contributed by atoms with E-state index < -0.39 is 5.97 Å². The molecule has 0 spiro atoms. The predicted molar refractivity (Wildman–Crippen MR) is 77.2 cm³/mol. The Morgan fingerprint density at radius 2 is 2.24 bits per heavy atom. The van der Waals surface area contributed by atoms with Gasteiger partial charge in [-0.05, 0) is 6.92 Å². The summed E-state index contributed by atoms with van der Waals surface area (Å²) in [6.45, 7) is 3.38. The molecule has 0 fully saturated rings. The summed E-state index contributed by atoms with van der Waals surface area (Å²) in [5, 5.41) is 4.34. The van der Waals surface area contributed by atoms with Gasteiger partial charge in [0, 0.05) is 30.6 Å². The maximum Gasteiger partial charge on any atom is 0.307 e. The van der Waals surface area contributed by atoms with Crippen molar-refractivity contribution in [1.82, 2.24) is 14.7 Å². The van der Waals surface area contributed by atoms with Gasteiger partial charge in [-0.1, -0.05) is 0 Å². The molecule has 2 aromatic rings. The summed E-state index contributed by atoms with van der Waals surface area (Å²) in [4.78, 5) is 38.9. The van der Waals surface area contributed by atoms with Crippen molar-refractivity contribution in [3.8, 4) is 0 Å². The van der Waals surface area contributed by atoms with Crippen LogP contribution in [-0.4, -0.2) is 27.8 Å². The molecule has 2 aromatic heterocycles. The smallest absolute Gasteiger partial charge is 0.307 e. The van der Waals surface area contributed by atoms with Gasteiger partial charge in [0.05, 0.1) is 12.1 Å². The number of amides is 1. The summed E-state index contributed by atoms with van der Waals surface area (Å²) < 4.78 is 6.53. The van der Waals surface area contributed by atoms with Gasteiger partial charge in [0.15, 0.2) is 4.96 Å². The summed E-state index contributed by atoms with van der Waals surface area (Å²) in [7, 11) is 0. The summed E-state index contributed by atoms with van der Waals surface area (Å²) in [6.07, 6.45) is 0.0823. The summed E-state index contributed by atoms with van der Waals surface area (Å²) >= 11 is 1.36. The minimum absolute atomic E-state index is 0.0540. The Bertz CT molecular complexity index is 735. The Balaban J connectivity index is 1.96. The van der Waals surface area contributed by atoms with Crippen LogP contribution in [0.5, 0.6) is 0 Å². The third-order valence-corrected chi connectivity index (χ3v) is 3.66. The fourth-order valence-corrected chi connectivity index (χ4v) is 2.63. The van der Waals surface area contributed by atoms with Crippen molar-refractivity contribution in [2.24, 2.45) is 0 Å². The number of aromatic nitrogens is 2. The lowest BCUT2D eigenvalue weighted by Crippen LogP contribution is -2.23. The van der Waals surface area contributed by atoms with Crippen molar-refractivity contribution in [3.05, 3.63) is 33.2 Å². The zero-order chi connectivity index (χ0) is 15.4. The summed E-state index contributed by atoms with van der Waals surface area (Å²) in [5.41, 5.74) is 1.05. The standard InChI is InChI=1S/C13H15N3O4S/c1-8-7-21-13-15-10(5-11(18)16(8)13)6-20-12(19)3-4-14-9(2)17/h5,7H,3-4,6H2,1-2H3,(H,14,17).